The van der Waals surface area contributed by atoms with Gasteiger partial charge in [-0.05, 0) is 12.1 Å². The molecule has 0 aliphatic carbocycles. The third-order valence-electron chi connectivity index (χ3n) is 2.50. The minimum atomic E-state index is -1.20. The molecule has 0 amide bonds. The molecule has 0 spiro atoms. The summed E-state index contributed by atoms with van der Waals surface area (Å²) in [5, 5.41) is 8.72. The molecule has 6 heteroatoms. The number of carbonyl (C=O) groups is 1. The van der Waals surface area contributed by atoms with Gasteiger partial charge in [0.1, 0.15) is 0 Å². The van der Waals surface area contributed by atoms with E-state index in [2.05, 4.69) is 0 Å². The highest BCUT2D eigenvalue weighted by Gasteiger charge is 2.14. The van der Waals surface area contributed by atoms with E-state index in [1.807, 2.05) is 12.1 Å². The number of carboxylic acid groups (broad SMARTS) is 1. The molecule has 2 unspecified atom stereocenters. The monoisotopic (exact) mass is 286 g/mol. The van der Waals surface area contributed by atoms with Crippen molar-refractivity contribution in [2.75, 3.05) is 25.2 Å². The van der Waals surface area contributed by atoms with Crippen molar-refractivity contribution in [3.8, 4) is 11.5 Å². The Balaban J connectivity index is 2.38. The number of para-hydroxylation sites is 2. The first-order valence-corrected chi connectivity index (χ1v) is 7.37. The van der Waals surface area contributed by atoms with E-state index in [-0.39, 0.29) is 12.4 Å². The summed E-state index contributed by atoms with van der Waals surface area (Å²) in [5.74, 6) is 0.117. The number of benzene rings is 1. The van der Waals surface area contributed by atoms with Gasteiger partial charge in [0.25, 0.3) is 0 Å². The van der Waals surface area contributed by atoms with Crippen molar-refractivity contribution >= 4 is 16.8 Å². The number of ether oxygens (including phenoxy) is 2. The van der Waals surface area contributed by atoms with E-state index >= 15 is 0 Å². The van der Waals surface area contributed by atoms with Gasteiger partial charge in [-0.25, -0.2) is 0 Å². The molecule has 0 fully saturated rings. The number of carboxylic acids is 1. The summed E-state index contributed by atoms with van der Waals surface area (Å²) in [4.78, 5) is 10.6. The van der Waals surface area contributed by atoms with Gasteiger partial charge in [0.05, 0.1) is 25.4 Å². The molecule has 0 saturated heterocycles. The molecule has 0 aliphatic heterocycles. The number of methoxy groups -OCH3 is 1. The fourth-order valence-electron chi connectivity index (χ4n) is 1.42. The Morgan fingerprint density at radius 1 is 1.37 bits per heavy atom. The van der Waals surface area contributed by atoms with Gasteiger partial charge in [-0.1, -0.05) is 19.1 Å². The maximum Gasteiger partial charge on any atom is 0.307 e. The number of hydrogen-bond donors (Lipinski definition) is 1. The Kier molecular flexibility index (Phi) is 6.35. The quantitative estimate of drug-likeness (QED) is 0.785. The summed E-state index contributed by atoms with van der Waals surface area (Å²) >= 11 is 0. The lowest BCUT2D eigenvalue weighted by atomic mass is 10.2. The first-order chi connectivity index (χ1) is 9.04. The van der Waals surface area contributed by atoms with Crippen LogP contribution < -0.4 is 9.47 Å². The molecule has 0 saturated carbocycles. The van der Waals surface area contributed by atoms with Crippen molar-refractivity contribution in [3.63, 3.8) is 0 Å². The summed E-state index contributed by atoms with van der Waals surface area (Å²) in [6, 6.07) is 7.19. The van der Waals surface area contributed by atoms with Gasteiger partial charge in [-0.3, -0.25) is 9.00 Å². The molecule has 0 aliphatic rings. The average molecular weight is 286 g/mol. The molecule has 0 bridgehead atoms. The molecular formula is C13H18O5S. The molecule has 0 heterocycles. The Morgan fingerprint density at radius 3 is 2.58 bits per heavy atom. The Bertz CT molecular complexity index is 446. The van der Waals surface area contributed by atoms with Crippen molar-refractivity contribution in [2.45, 2.75) is 6.92 Å². The molecule has 2 atom stereocenters. The molecule has 1 aromatic rings. The minimum absolute atomic E-state index is 0.143. The van der Waals surface area contributed by atoms with Crippen LogP contribution in [-0.4, -0.2) is 40.5 Å². The smallest absolute Gasteiger partial charge is 0.307 e. The first-order valence-electron chi connectivity index (χ1n) is 5.88. The number of hydrogen-bond acceptors (Lipinski definition) is 4. The van der Waals surface area contributed by atoms with Crippen molar-refractivity contribution < 1.29 is 23.6 Å². The molecule has 19 heavy (non-hydrogen) atoms. The summed E-state index contributed by atoms with van der Waals surface area (Å²) in [6.07, 6.45) is 0. The van der Waals surface area contributed by atoms with E-state index in [1.165, 1.54) is 0 Å². The van der Waals surface area contributed by atoms with Gasteiger partial charge >= 0.3 is 5.97 Å². The van der Waals surface area contributed by atoms with Crippen molar-refractivity contribution in [2.24, 2.45) is 5.92 Å². The summed E-state index contributed by atoms with van der Waals surface area (Å²) in [5.41, 5.74) is 0. The fourth-order valence-corrected chi connectivity index (χ4v) is 2.55. The van der Waals surface area contributed by atoms with E-state index in [1.54, 1.807) is 26.2 Å². The topological polar surface area (TPSA) is 72.8 Å². The van der Waals surface area contributed by atoms with Crippen LogP contribution in [0, 0.1) is 5.92 Å². The maximum atomic E-state index is 11.6. The maximum absolute atomic E-state index is 11.6. The molecule has 106 valence electrons. The molecule has 1 aromatic carbocycles. The number of aliphatic carboxylic acids is 1. The van der Waals surface area contributed by atoms with Crippen LogP contribution in [0.1, 0.15) is 6.92 Å². The van der Waals surface area contributed by atoms with Gasteiger partial charge in [-0.15, -0.1) is 0 Å². The summed E-state index contributed by atoms with van der Waals surface area (Å²) < 4.78 is 22.2. The van der Waals surface area contributed by atoms with Gasteiger partial charge in [-0.2, -0.15) is 0 Å². The van der Waals surface area contributed by atoms with Crippen LogP contribution in [0.3, 0.4) is 0 Å². The van der Waals surface area contributed by atoms with E-state index < -0.39 is 22.7 Å². The van der Waals surface area contributed by atoms with Gasteiger partial charge in [0.15, 0.2) is 11.5 Å². The summed E-state index contributed by atoms with van der Waals surface area (Å²) in [6.45, 7) is 1.81. The zero-order valence-corrected chi connectivity index (χ0v) is 11.8. The van der Waals surface area contributed by atoms with Crippen LogP contribution in [0.5, 0.6) is 11.5 Å². The molecule has 0 aromatic heterocycles. The highest BCUT2D eigenvalue weighted by atomic mass is 32.2. The Morgan fingerprint density at radius 2 is 2.00 bits per heavy atom. The lowest BCUT2D eigenvalue weighted by molar-refractivity contribution is -0.140. The van der Waals surface area contributed by atoms with Crippen molar-refractivity contribution in [1.82, 2.24) is 0 Å². The Hall–Kier alpha value is -1.56. The van der Waals surface area contributed by atoms with Crippen LogP contribution in [0.2, 0.25) is 0 Å². The second-order valence-corrected chi connectivity index (χ2v) is 5.67. The second-order valence-electron chi connectivity index (χ2n) is 4.05. The molecule has 1 rings (SSSR count). The first kappa shape index (κ1) is 15.5. The third-order valence-corrected chi connectivity index (χ3v) is 3.99. The lowest BCUT2D eigenvalue weighted by Gasteiger charge is -2.10. The second kappa shape index (κ2) is 7.78. The van der Waals surface area contributed by atoms with E-state index in [4.69, 9.17) is 14.6 Å². The van der Waals surface area contributed by atoms with Crippen molar-refractivity contribution in [3.05, 3.63) is 24.3 Å². The fraction of sp³-hybridized carbons (Fsp3) is 0.462. The normalized spacial score (nSPS) is 13.6. The zero-order valence-electron chi connectivity index (χ0n) is 11.0. The molecule has 1 N–H and O–H groups in total. The average Bonchev–Trinajstić information content (AvgIpc) is 2.39. The molecular weight excluding hydrogens is 268 g/mol. The predicted octanol–water partition coefficient (Wildman–Crippen LogP) is 1.54. The third kappa shape index (κ3) is 5.30. The largest absolute Gasteiger partial charge is 0.493 e. The molecule has 5 nitrogen and oxygen atoms in total. The van der Waals surface area contributed by atoms with Crippen LogP contribution in [0.4, 0.5) is 0 Å². The lowest BCUT2D eigenvalue weighted by Crippen LogP contribution is -2.20. The van der Waals surface area contributed by atoms with Gasteiger partial charge in [0.2, 0.25) is 0 Å². The van der Waals surface area contributed by atoms with Crippen LogP contribution in [0.15, 0.2) is 24.3 Å². The van der Waals surface area contributed by atoms with E-state index in [9.17, 15) is 9.00 Å². The van der Waals surface area contributed by atoms with Crippen molar-refractivity contribution in [1.29, 1.82) is 0 Å². The van der Waals surface area contributed by atoms with Crippen LogP contribution >= 0.6 is 0 Å². The zero-order chi connectivity index (χ0) is 14.3. The highest BCUT2D eigenvalue weighted by molar-refractivity contribution is 7.85. The Labute approximate surface area is 115 Å². The standard InChI is InChI=1S/C13H18O5S/c1-10(13(14)15)9-19(16)8-7-18-12-6-4-3-5-11(12)17-2/h3-6,10H,7-9H2,1-2H3,(H,14,15). The summed E-state index contributed by atoms with van der Waals surface area (Å²) in [7, 11) is 0.351. The highest BCUT2D eigenvalue weighted by Crippen LogP contribution is 2.25. The predicted molar refractivity (Wildman–Crippen MR) is 73.2 cm³/mol. The van der Waals surface area contributed by atoms with Gasteiger partial charge < -0.3 is 14.6 Å². The van der Waals surface area contributed by atoms with E-state index in [0.717, 1.165) is 0 Å². The minimum Gasteiger partial charge on any atom is -0.493 e. The van der Waals surface area contributed by atoms with Crippen LogP contribution in [-0.2, 0) is 15.6 Å². The molecule has 0 radical (unpaired) electrons. The van der Waals surface area contributed by atoms with Crippen LogP contribution in [0.25, 0.3) is 0 Å². The van der Waals surface area contributed by atoms with E-state index in [0.29, 0.717) is 17.3 Å². The van der Waals surface area contributed by atoms with Gasteiger partial charge in [0, 0.05) is 16.6 Å². The number of rotatable bonds is 8. The SMILES string of the molecule is COc1ccccc1OCCS(=O)CC(C)C(=O)O.